The van der Waals surface area contributed by atoms with Crippen molar-refractivity contribution >= 4 is 16.9 Å². The molecule has 144 valence electrons. The monoisotopic (exact) mass is 393 g/mol. The molecule has 0 saturated heterocycles. The van der Waals surface area contributed by atoms with Crippen LogP contribution in [0, 0.1) is 11.6 Å². The van der Waals surface area contributed by atoms with E-state index in [2.05, 4.69) is 0 Å². The normalized spacial score (nSPS) is 15.9. The van der Waals surface area contributed by atoms with Gasteiger partial charge in [-0.15, -0.1) is 0 Å². The van der Waals surface area contributed by atoms with Crippen LogP contribution < -0.4 is 5.43 Å². The third-order valence-corrected chi connectivity index (χ3v) is 5.00. The van der Waals surface area contributed by atoms with Crippen LogP contribution in [0.5, 0.6) is 0 Å². The van der Waals surface area contributed by atoms with Crippen LogP contribution in [0.2, 0.25) is 0 Å². The molecule has 4 aromatic rings. The molecular formula is C22H13F2NO4. The Morgan fingerprint density at radius 3 is 2.55 bits per heavy atom. The molecule has 1 unspecified atom stereocenters. The summed E-state index contributed by atoms with van der Waals surface area (Å²) in [5.74, 6) is -1.25. The number of carbonyl (C=O) groups excluding carboxylic acids is 1. The molecule has 2 aromatic heterocycles. The van der Waals surface area contributed by atoms with E-state index >= 15 is 0 Å². The Labute approximate surface area is 162 Å². The third-order valence-electron chi connectivity index (χ3n) is 5.00. The summed E-state index contributed by atoms with van der Waals surface area (Å²) in [5, 5.41) is 0.0257. The highest BCUT2D eigenvalue weighted by molar-refractivity contribution is 5.99. The SMILES string of the molecule is O=C1c2oc3ccc(F)cc3c(=O)c2C(c2cccc(F)c2)N1Cc1ccco1. The molecule has 5 rings (SSSR count). The largest absolute Gasteiger partial charge is 0.467 e. The second-order valence-electron chi connectivity index (χ2n) is 6.78. The molecular weight excluding hydrogens is 380 g/mol. The van der Waals surface area contributed by atoms with E-state index in [1.807, 2.05) is 0 Å². The number of rotatable bonds is 3. The molecule has 0 bridgehead atoms. The minimum atomic E-state index is -0.887. The molecule has 0 N–H and O–H groups in total. The third kappa shape index (κ3) is 2.74. The number of fused-ring (bicyclic) bond motifs is 2. The highest BCUT2D eigenvalue weighted by atomic mass is 19.1. The smallest absolute Gasteiger partial charge is 0.291 e. The first-order valence-electron chi connectivity index (χ1n) is 8.88. The number of benzene rings is 2. The Morgan fingerprint density at radius 2 is 1.79 bits per heavy atom. The molecule has 1 aliphatic heterocycles. The number of hydrogen-bond donors (Lipinski definition) is 0. The first-order valence-corrected chi connectivity index (χ1v) is 8.88. The topological polar surface area (TPSA) is 63.7 Å². The molecule has 0 radical (unpaired) electrons. The average molecular weight is 393 g/mol. The lowest BCUT2D eigenvalue weighted by atomic mass is 9.98. The first-order chi connectivity index (χ1) is 14.0. The number of nitrogens with zero attached hydrogens (tertiary/aromatic N) is 1. The van der Waals surface area contributed by atoms with E-state index in [0.29, 0.717) is 11.3 Å². The zero-order valence-corrected chi connectivity index (χ0v) is 14.9. The van der Waals surface area contributed by atoms with Crippen molar-refractivity contribution in [2.75, 3.05) is 0 Å². The molecule has 1 atom stereocenters. The summed E-state index contributed by atoms with van der Waals surface area (Å²) in [7, 11) is 0. The Hall–Kier alpha value is -3.74. The van der Waals surface area contributed by atoms with Gasteiger partial charge in [-0.25, -0.2) is 8.78 Å². The van der Waals surface area contributed by atoms with Gasteiger partial charge in [0.15, 0.2) is 5.43 Å². The van der Waals surface area contributed by atoms with Crippen LogP contribution in [0.3, 0.4) is 0 Å². The molecule has 1 aliphatic rings. The Balaban J connectivity index is 1.77. The van der Waals surface area contributed by atoms with Crippen molar-refractivity contribution in [2.24, 2.45) is 0 Å². The van der Waals surface area contributed by atoms with Gasteiger partial charge in [-0.05, 0) is 48.0 Å². The van der Waals surface area contributed by atoms with Crippen LogP contribution in [0.15, 0.2) is 74.5 Å². The fourth-order valence-corrected chi connectivity index (χ4v) is 3.75. The van der Waals surface area contributed by atoms with Crippen molar-refractivity contribution in [3.63, 3.8) is 0 Å². The summed E-state index contributed by atoms with van der Waals surface area (Å²) in [6, 6.07) is 11.7. The Bertz CT molecular complexity index is 1310. The number of amides is 1. The van der Waals surface area contributed by atoms with Crippen molar-refractivity contribution in [1.82, 2.24) is 4.90 Å². The summed E-state index contributed by atoms with van der Waals surface area (Å²) in [5.41, 5.74) is 0.0589. The van der Waals surface area contributed by atoms with E-state index in [1.165, 1.54) is 35.4 Å². The van der Waals surface area contributed by atoms with Gasteiger partial charge in [0, 0.05) is 0 Å². The molecule has 0 spiro atoms. The van der Waals surface area contributed by atoms with E-state index < -0.39 is 29.0 Å². The van der Waals surface area contributed by atoms with E-state index in [0.717, 1.165) is 12.1 Å². The van der Waals surface area contributed by atoms with Crippen molar-refractivity contribution in [3.05, 3.63) is 105 Å². The molecule has 5 nitrogen and oxygen atoms in total. The zero-order valence-electron chi connectivity index (χ0n) is 14.9. The van der Waals surface area contributed by atoms with Gasteiger partial charge < -0.3 is 13.7 Å². The lowest BCUT2D eigenvalue weighted by Crippen LogP contribution is -2.29. The standard InChI is InChI=1S/C22H13F2NO4/c23-13-4-1-3-12(9-13)19-18-20(26)16-10-14(24)6-7-17(16)29-21(18)22(27)25(19)11-15-5-2-8-28-15/h1-10,19H,11H2. The number of furan rings is 1. The summed E-state index contributed by atoms with van der Waals surface area (Å²) >= 11 is 0. The van der Waals surface area contributed by atoms with Crippen molar-refractivity contribution in [2.45, 2.75) is 12.6 Å². The number of halogens is 2. The highest BCUT2D eigenvalue weighted by Gasteiger charge is 2.43. The fraction of sp³-hybridized carbons (Fsp3) is 0.0909. The van der Waals surface area contributed by atoms with E-state index in [4.69, 9.17) is 8.83 Å². The average Bonchev–Trinajstić information content (AvgIpc) is 3.31. The van der Waals surface area contributed by atoms with E-state index in [-0.39, 0.29) is 28.8 Å². The van der Waals surface area contributed by atoms with Crippen molar-refractivity contribution < 1.29 is 22.4 Å². The molecule has 1 amide bonds. The molecule has 3 heterocycles. The minimum Gasteiger partial charge on any atom is -0.467 e. The molecule has 29 heavy (non-hydrogen) atoms. The van der Waals surface area contributed by atoms with Crippen LogP contribution in [0.1, 0.15) is 33.5 Å². The maximum atomic E-state index is 13.9. The van der Waals surface area contributed by atoms with Crippen molar-refractivity contribution in [1.29, 1.82) is 0 Å². The maximum Gasteiger partial charge on any atom is 0.291 e. The lowest BCUT2D eigenvalue weighted by molar-refractivity contribution is 0.0701. The summed E-state index contributed by atoms with van der Waals surface area (Å²) < 4.78 is 38.7. The predicted octanol–water partition coefficient (Wildman–Crippen LogP) is 4.41. The van der Waals surface area contributed by atoms with Crippen LogP contribution >= 0.6 is 0 Å². The fourth-order valence-electron chi connectivity index (χ4n) is 3.75. The van der Waals surface area contributed by atoms with E-state index in [1.54, 1.807) is 18.2 Å². The van der Waals surface area contributed by atoms with Crippen LogP contribution in [-0.2, 0) is 6.54 Å². The minimum absolute atomic E-state index is 0.0257. The maximum absolute atomic E-state index is 13.9. The van der Waals surface area contributed by atoms with Gasteiger partial charge in [0.1, 0.15) is 23.0 Å². The van der Waals surface area contributed by atoms with Crippen LogP contribution in [-0.4, -0.2) is 10.8 Å². The van der Waals surface area contributed by atoms with Gasteiger partial charge in [0.2, 0.25) is 5.76 Å². The second-order valence-corrected chi connectivity index (χ2v) is 6.78. The van der Waals surface area contributed by atoms with Crippen LogP contribution in [0.25, 0.3) is 11.0 Å². The Kier molecular flexibility index (Phi) is 3.84. The van der Waals surface area contributed by atoms with Gasteiger partial charge in [0.05, 0.1) is 29.8 Å². The zero-order chi connectivity index (χ0) is 20.1. The summed E-state index contributed by atoms with van der Waals surface area (Å²) in [6.07, 6.45) is 1.47. The van der Waals surface area contributed by atoms with Gasteiger partial charge in [-0.2, -0.15) is 0 Å². The lowest BCUT2D eigenvalue weighted by Gasteiger charge is -2.24. The van der Waals surface area contributed by atoms with Gasteiger partial charge >= 0.3 is 0 Å². The summed E-state index contributed by atoms with van der Waals surface area (Å²) in [4.78, 5) is 27.7. The van der Waals surface area contributed by atoms with E-state index in [9.17, 15) is 18.4 Å². The first kappa shape index (κ1) is 17.4. The highest BCUT2D eigenvalue weighted by Crippen LogP contribution is 2.39. The molecule has 0 aliphatic carbocycles. The van der Waals surface area contributed by atoms with Gasteiger partial charge in [0.25, 0.3) is 5.91 Å². The Morgan fingerprint density at radius 1 is 0.966 bits per heavy atom. The number of hydrogen-bond acceptors (Lipinski definition) is 4. The second kappa shape index (κ2) is 6.41. The molecule has 2 aromatic carbocycles. The molecule has 0 saturated carbocycles. The molecule has 0 fully saturated rings. The quantitative estimate of drug-likeness (QED) is 0.517. The number of carbonyl (C=O) groups is 1. The van der Waals surface area contributed by atoms with Crippen LogP contribution in [0.4, 0.5) is 8.78 Å². The predicted molar refractivity (Wildman–Crippen MR) is 99.3 cm³/mol. The molecule has 7 heteroatoms. The van der Waals surface area contributed by atoms with Crippen molar-refractivity contribution in [3.8, 4) is 0 Å². The van der Waals surface area contributed by atoms with Gasteiger partial charge in [-0.3, -0.25) is 9.59 Å². The van der Waals surface area contributed by atoms with Gasteiger partial charge in [-0.1, -0.05) is 12.1 Å². The summed E-state index contributed by atoms with van der Waals surface area (Å²) in [6.45, 7) is 0.0569.